The van der Waals surface area contributed by atoms with Crippen LogP contribution in [-0.2, 0) is 16.0 Å². The molecule has 1 aromatic heterocycles. The molecule has 0 aliphatic carbocycles. The molecular weight excluding hydrogens is 262 g/mol. The van der Waals surface area contributed by atoms with Crippen LogP contribution in [0.4, 0.5) is 0 Å². The van der Waals surface area contributed by atoms with Gasteiger partial charge in [0.2, 0.25) is 11.8 Å². The third kappa shape index (κ3) is 4.99. The standard InChI is InChI=1S/C13H21N3O4/c1-4-8(2)12(13(18)19)15-10(17)6-5-7-11-14-9(3)16-20-11/h8,12H,4-7H2,1-3H3,(H,15,17)(H,18,19). The zero-order valence-corrected chi connectivity index (χ0v) is 12.0. The van der Waals surface area contributed by atoms with Gasteiger partial charge >= 0.3 is 5.97 Å². The number of carboxylic acids is 1. The van der Waals surface area contributed by atoms with Crippen molar-refractivity contribution in [2.75, 3.05) is 0 Å². The smallest absolute Gasteiger partial charge is 0.326 e. The summed E-state index contributed by atoms with van der Waals surface area (Å²) < 4.78 is 4.93. The molecule has 0 saturated heterocycles. The Morgan fingerprint density at radius 2 is 2.15 bits per heavy atom. The number of carbonyl (C=O) groups excluding carboxylic acids is 1. The Kier molecular flexibility index (Phi) is 6.14. The fourth-order valence-corrected chi connectivity index (χ4v) is 1.77. The lowest BCUT2D eigenvalue weighted by atomic mass is 9.99. The van der Waals surface area contributed by atoms with Gasteiger partial charge in [0.15, 0.2) is 5.82 Å². The summed E-state index contributed by atoms with van der Waals surface area (Å²) in [5, 5.41) is 15.3. The van der Waals surface area contributed by atoms with E-state index in [-0.39, 0.29) is 18.2 Å². The van der Waals surface area contributed by atoms with Crippen LogP contribution in [0.25, 0.3) is 0 Å². The molecule has 2 unspecified atom stereocenters. The van der Waals surface area contributed by atoms with Gasteiger partial charge in [0.1, 0.15) is 6.04 Å². The number of carbonyl (C=O) groups is 2. The van der Waals surface area contributed by atoms with Crippen molar-refractivity contribution in [3.8, 4) is 0 Å². The SMILES string of the molecule is CCC(C)C(NC(=O)CCCc1nc(C)no1)C(=O)O. The first-order valence-corrected chi connectivity index (χ1v) is 6.75. The molecule has 1 rings (SSSR count). The lowest BCUT2D eigenvalue weighted by Crippen LogP contribution is -2.44. The molecule has 0 spiro atoms. The maximum absolute atomic E-state index is 11.7. The fraction of sp³-hybridized carbons (Fsp3) is 0.692. The first-order chi connectivity index (χ1) is 9.43. The molecule has 1 heterocycles. The second-order valence-electron chi connectivity index (χ2n) is 4.86. The second-order valence-corrected chi connectivity index (χ2v) is 4.86. The number of aryl methyl sites for hydroxylation is 2. The van der Waals surface area contributed by atoms with Crippen molar-refractivity contribution < 1.29 is 19.2 Å². The molecule has 0 aliphatic heterocycles. The molecular formula is C13H21N3O4. The number of rotatable bonds is 8. The first-order valence-electron chi connectivity index (χ1n) is 6.75. The average Bonchev–Trinajstić information content (AvgIpc) is 2.80. The number of aliphatic carboxylic acids is 1. The zero-order chi connectivity index (χ0) is 15.1. The number of nitrogens with zero attached hydrogens (tertiary/aromatic N) is 2. The Morgan fingerprint density at radius 1 is 1.45 bits per heavy atom. The normalized spacial score (nSPS) is 13.8. The van der Waals surface area contributed by atoms with Crippen LogP contribution in [0.3, 0.4) is 0 Å². The number of amides is 1. The highest BCUT2D eigenvalue weighted by atomic mass is 16.5. The van der Waals surface area contributed by atoms with E-state index in [1.54, 1.807) is 13.8 Å². The van der Waals surface area contributed by atoms with E-state index in [4.69, 9.17) is 9.63 Å². The van der Waals surface area contributed by atoms with Crippen LogP contribution in [0, 0.1) is 12.8 Å². The van der Waals surface area contributed by atoms with Crippen molar-refractivity contribution in [1.82, 2.24) is 15.5 Å². The van der Waals surface area contributed by atoms with E-state index in [0.29, 0.717) is 31.0 Å². The zero-order valence-electron chi connectivity index (χ0n) is 12.0. The van der Waals surface area contributed by atoms with Gasteiger partial charge in [-0.2, -0.15) is 4.98 Å². The Morgan fingerprint density at radius 3 is 2.65 bits per heavy atom. The van der Waals surface area contributed by atoms with Crippen molar-refractivity contribution >= 4 is 11.9 Å². The first kappa shape index (κ1) is 16.1. The molecule has 2 N–H and O–H groups in total. The van der Waals surface area contributed by atoms with Crippen LogP contribution in [-0.4, -0.2) is 33.2 Å². The Labute approximate surface area is 117 Å². The molecule has 0 aromatic carbocycles. The van der Waals surface area contributed by atoms with Crippen LogP contribution < -0.4 is 5.32 Å². The van der Waals surface area contributed by atoms with Crippen molar-refractivity contribution in [2.45, 2.75) is 52.5 Å². The van der Waals surface area contributed by atoms with Gasteiger partial charge in [0.05, 0.1) is 0 Å². The predicted molar refractivity (Wildman–Crippen MR) is 71.0 cm³/mol. The minimum Gasteiger partial charge on any atom is -0.480 e. The quantitative estimate of drug-likeness (QED) is 0.745. The predicted octanol–water partition coefficient (Wildman–Crippen LogP) is 1.32. The van der Waals surface area contributed by atoms with Gasteiger partial charge in [0, 0.05) is 12.8 Å². The highest BCUT2D eigenvalue weighted by Gasteiger charge is 2.24. The van der Waals surface area contributed by atoms with Crippen molar-refractivity contribution in [3.63, 3.8) is 0 Å². The largest absolute Gasteiger partial charge is 0.480 e. The molecule has 1 aromatic rings. The molecule has 7 heteroatoms. The number of carboxylic acid groups (broad SMARTS) is 1. The molecule has 0 saturated carbocycles. The van der Waals surface area contributed by atoms with Crippen LogP contribution in [0.1, 0.15) is 44.8 Å². The molecule has 112 valence electrons. The van der Waals surface area contributed by atoms with E-state index in [1.807, 2.05) is 6.92 Å². The van der Waals surface area contributed by atoms with Crippen molar-refractivity contribution in [1.29, 1.82) is 0 Å². The van der Waals surface area contributed by atoms with E-state index in [2.05, 4.69) is 15.5 Å². The molecule has 20 heavy (non-hydrogen) atoms. The van der Waals surface area contributed by atoms with Gasteiger partial charge in [0.25, 0.3) is 0 Å². The summed E-state index contributed by atoms with van der Waals surface area (Å²) in [6, 6.07) is -0.835. The summed E-state index contributed by atoms with van der Waals surface area (Å²) in [7, 11) is 0. The molecule has 7 nitrogen and oxygen atoms in total. The van der Waals surface area contributed by atoms with E-state index >= 15 is 0 Å². The Balaban J connectivity index is 2.36. The summed E-state index contributed by atoms with van der Waals surface area (Å²) in [5.41, 5.74) is 0. The van der Waals surface area contributed by atoms with Crippen molar-refractivity contribution in [2.24, 2.45) is 5.92 Å². The molecule has 0 bridgehead atoms. The fourth-order valence-electron chi connectivity index (χ4n) is 1.77. The number of nitrogens with one attached hydrogen (secondary N) is 1. The van der Waals surface area contributed by atoms with Crippen LogP contribution in [0.2, 0.25) is 0 Å². The van der Waals surface area contributed by atoms with Crippen LogP contribution in [0.15, 0.2) is 4.52 Å². The van der Waals surface area contributed by atoms with Crippen LogP contribution >= 0.6 is 0 Å². The van der Waals surface area contributed by atoms with Gasteiger partial charge in [-0.1, -0.05) is 25.4 Å². The average molecular weight is 283 g/mol. The summed E-state index contributed by atoms with van der Waals surface area (Å²) in [4.78, 5) is 26.9. The minimum atomic E-state index is -1.000. The summed E-state index contributed by atoms with van der Waals surface area (Å²) in [6.07, 6.45) is 1.98. The lowest BCUT2D eigenvalue weighted by Gasteiger charge is -2.19. The molecule has 2 atom stereocenters. The van der Waals surface area contributed by atoms with E-state index < -0.39 is 12.0 Å². The highest BCUT2D eigenvalue weighted by Crippen LogP contribution is 2.09. The molecule has 1 amide bonds. The summed E-state index contributed by atoms with van der Waals surface area (Å²) in [6.45, 7) is 5.42. The van der Waals surface area contributed by atoms with Gasteiger partial charge in [-0.3, -0.25) is 4.79 Å². The van der Waals surface area contributed by atoms with Crippen molar-refractivity contribution in [3.05, 3.63) is 11.7 Å². The third-order valence-electron chi connectivity index (χ3n) is 3.16. The van der Waals surface area contributed by atoms with Crippen LogP contribution in [0.5, 0.6) is 0 Å². The summed E-state index contributed by atoms with van der Waals surface area (Å²) in [5.74, 6) is -0.316. The number of hydrogen-bond acceptors (Lipinski definition) is 5. The van der Waals surface area contributed by atoms with E-state index in [9.17, 15) is 9.59 Å². The molecule has 0 aliphatic rings. The minimum absolute atomic E-state index is 0.102. The third-order valence-corrected chi connectivity index (χ3v) is 3.16. The maximum Gasteiger partial charge on any atom is 0.326 e. The van der Waals surface area contributed by atoms with E-state index in [0.717, 1.165) is 0 Å². The van der Waals surface area contributed by atoms with E-state index in [1.165, 1.54) is 0 Å². The topological polar surface area (TPSA) is 105 Å². The van der Waals surface area contributed by atoms with Gasteiger partial charge in [-0.25, -0.2) is 4.79 Å². The van der Waals surface area contributed by atoms with Gasteiger partial charge in [-0.05, 0) is 19.3 Å². The molecule has 0 fully saturated rings. The lowest BCUT2D eigenvalue weighted by molar-refractivity contribution is -0.143. The Bertz CT molecular complexity index is 458. The Hall–Kier alpha value is -1.92. The second kappa shape index (κ2) is 7.62. The van der Waals surface area contributed by atoms with Gasteiger partial charge < -0.3 is 14.9 Å². The maximum atomic E-state index is 11.7. The highest BCUT2D eigenvalue weighted by molar-refractivity contribution is 5.83. The summed E-state index contributed by atoms with van der Waals surface area (Å²) >= 11 is 0. The number of aromatic nitrogens is 2. The molecule has 0 radical (unpaired) electrons. The monoisotopic (exact) mass is 283 g/mol. The number of hydrogen-bond donors (Lipinski definition) is 2. The van der Waals surface area contributed by atoms with Gasteiger partial charge in [-0.15, -0.1) is 0 Å².